The summed E-state index contributed by atoms with van der Waals surface area (Å²) in [7, 11) is 0. The highest BCUT2D eigenvalue weighted by Gasteiger charge is 2.16. The van der Waals surface area contributed by atoms with E-state index in [2.05, 4.69) is 4.98 Å². The maximum Gasteiger partial charge on any atom is 0.312 e. The highest BCUT2D eigenvalue weighted by molar-refractivity contribution is 5.83. The van der Waals surface area contributed by atoms with Gasteiger partial charge in [0.25, 0.3) is 0 Å². The van der Waals surface area contributed by atoms with Crippen molar-refractivity contribution in [1.29, 1.82) is 0 Å². The number of rotatable bonds is 2. The molecule has 0 aliphatic heterocycles. The van der Waals surface area contributed by atoms with E-state index >= 15 is 0 Å². The molecule has 0 aliphatic carbocycles. The van der Waals surface area contributed by atoms with Crippen LogP contribution in [0, 0.1) is 12.7 Å². The summed E-state index contributed by atoms with van der Waals surface area (Å²) in [5.41, 5.74) is 1.85. The van der Waals surface area contributed by atoms with Crippen molar-refractivity contribution >= 4 is 16.9 Å². The number of fused-ring (bicyclic) bond motifs is 1. The van der Waals surface area contributed by atoms with Crippen LogP contribution in [0.15, 0.2) is 24.3 Å². The number of benzene rings is 1. The minimum Gasteiger partial charge on any atom is -0.481 e. The first-order chi connectivity index (χ1) is 7.99. The zero-order chi connectivity index (χ0) is 12.6. The van der Waals surface area contributed by atoms with E-state index in [1.165, 1.54) is 12.1 Å². The molecule has 0 aliphatic rings. The summed E-state index contributed by atoms with van der Waals surface area (Å²) in [6, 6.07) is 6.08. The molecular formula is C13H12FNO2. The first-order valence-corrected chi connectivity index (χ1v) is 5.28. The quantitative estimate of drug-likeness (QED) is 0.867. The molecule has 1 N–H and O–H groups in total. The topological polar surface area (TPSA) is 50.2 Å². The molecule has 0 fully saturated rings. The van der Waals surface area contributed by atoms with Gasteiger partial charge in [0.15, 0.2) is 0 Å². The number of pyridine rings is 1. The maximum absolute atomic E-state index is 13.1. The Kier molecular flexibility index (Phi) is 2.79. The third-order valence-electron chi connectivity index (χ3n) is 2.81. The molecule has 4 heteroatoms. The normalized spacial score (nSPS) is 12.6. The lowest BCUT2D eigenvalue weighted by atomic mass is 10.0. The van der Waals surface area contributed by atoms with Crippen molar-refractivity contribution < 1.29 is 14.3 Å². The van der Waals surface area contributed by atoms with E-state index in [1.54, 1.807) is 19.1 Å². The van der Waals surface area contributed by atoms with Crippen LogP contribution in [0.3, 0.4) is 0 Å². The van der Waals surface area contributed by atoms with Gasteiger partial charge in [0, 0.05) is 11.5 Å². The molecule has 3 nitrogen and oxygen atoms in total. The van der Waals surface area contributed by atoms with Crippen LogP contribution in [-0.2, 0) is 4.79 Å². The van der Waals surface area contributed by atoms with Gasteiger partial charge in [-0.2, -0.15) is 0 Å². The van der Waals surface area contributed by atoms with Gasteiger partial charge in [-0.3, -0.25) is 9.78 Å². The van der Waals surface area contributed by atoms with E-state index in [0.29, 0.717) is 11.2 Å². The summed E-state index contributed by atoms with van der Waals surface area (Å²) in [5, 5.41) is 9.78. The molecule has 88 valence electrons. The Hall–Kier alpha value is -1.97. The molecule has 1 heterocycles. The van der Waals surface area contributed by atoms with E-state index in [-0.39, 0.29) is 5.82 Å². The second-order valence-corrected chi connectivity index (χ2v) is 4.09. The van der Waals surface area contributed by atoms with Crippen LogP contribution in [-0.4, -0.2) is 16.1 Å². The number of hydrogen-bond acceptors (Lipinski definition) is 2. The molecule has 0 bridgehead atoms. The second kappa shape index (κ2) is 4.13. The lowest BCUT2D eigenvalue weighted by Gasteiger charge is -2.09. The first kappa shape index (κ1) is 11.5. The Morgan fingerprint density at radius 2 is 2.12 bits per heavy atom. The standard InChI is InChI=1S/C13H12FNO2/c1-7-5-11(8(2)13(16)17)15-12-6-9(14)3-4-10(7)12/h3-6,8H,1-2H3,(H,16,17). The van der Waals surface area contributed by atoms with Gasteiger partial charge >= 0.3 is 5.97 Å². The van der Waals surface area contributed by atoms with Gasteiger partial charge in [0.2, 0.25) is 0 Å². The van der Waals surface area contributed by atoms with Crippen LogP contribution in [0.25, 0.3) is 10.9 Å². The van der Waals surface area contributed by atoms with E-state index < -0.39 is 11.9 Å². The number of carboxylic acid groups (broad SMARTS) is 1. The molecule has 1 aromatic carbocycles. The monoisotopic (exact) mass is 233 g/mol. The van der Waals surface area contributed by atoms with Crippen LogP contribution in [0.1, 0.15) is 24.1 Å². The third kappa shape index (κ3) is 2.11. The fourth-order valence-corrected chi connectivity index (χ4v) is 1.75. The van der Waals surface area contributed by atoms with Gasteiger partial charge < -0.3 is 5.11 Å². The minimum atomic E-state index is -0.937. The van der Waals surface area contributed by atoms with E-state index in [4.69, 9.17) is 5.11 Å². The summed E-state index contributed by atoms with van der Waals surface area (Å²) >= 11 is 0. The Balaban J connectivity index is 2.65. The van der Waals surface area contributed by atoms with Crippen LogP contribution < -0.4 is 0 Å². The van der Waals surface area contributed by atoms with Gasteiger partial charge in [0.05, 0.1) is 17.1 Å². The van der Waals surface area contributed by atoms with Crippen molar-refractivity contribution in [3.63, 3.8) is 0 Å². The van der Waals surface area contributed by atoms with E-state index in [0.717, 1.165) is 10.9 Å². The molecule has 1 atom stereocenters. The predicted octanol–water partition coefficient (Wildman–Crippen LogP) is 2.87. The van der Waals surface area contributed by atoms with Crippen LogP contribution >= 0.6 is 0 Å². The van der Waals surface area contributed by atoms with Crippen molar-refractivity contribution in [2.24, 2.45) is 0 Å². The van der Waals surface area contributed by atoms with Crippen molar-refractivity contribution in [3.8, 4) is 0 Å². The Morgan fingerprint density at radius 1 is 1.41 bits per heavy atom. The number of aliphatic carboxylic acids is 1. The molecule has 2 aromatic rings. The molecule has 1 unspecified atom stereocenters. The van der Waals surface area contributed by atoms with E-state index in [1.807, 2.05) is 6.92 Å². The lowest BCUT2D eigenvalue weighted by molar-refractivity contribution is -0.138. The zero-order valence-corrected chi connectivity index (χ0v) is 9.57. The van der Waals surface area contributed by atoms with Gasteiger partial charge in [-0.15, -0.1) is 0 Å². The zero-order valence-electron chi connectivity index (χ0n) is 9.57. The van der Waals surface area contributed by atoms with Crippen molar-refractivity contribution in [2.45, 2.75) is 19.8 Å². The van der Waals surface area contributed by atoms with E-state index in [9.17, 15) is 9.18 Å². The molecule has 1 aromatic heterocycles. The lowest BCUT2D eigenvalue weighted by Crippen LogP contribution is -2.09. The van der Waals surface area contributed by atoms with Gasteiger partial charge in [-0.25, -0.2) is 4.39 Å². The molecular weight excluding hydrogens is 221 g/mol. The van der Waals surface area contributed by atoms with Crippen LogP contribution in [0.2, 0.25) is 0 Å². The van der Waals surface area contributed by atoms with Crippen molar-refractivity contribution in [2.75, 3.05) is 0 Å². The molecule has 0 saturated carbocycles. The number of carboxylic acids is 1. The summed E-state index contributed by atoms with van der Waals surface area (Å²) in [5.74, 6) is -2.00. The van der Waals surface area contributed by atoms with Crippen molar-refractivity contribution in [1.82, 2.24) is 4.98 Å². The van der Waals surface area contributed by atoms with Crippen LogP contribution in [0.5, 0.6) is 0 Å². The number of nitrogens with zero attached hydrogens (tertiary/aromatic N) is 1. The predicted molar refractivity (Wildman–Crippen MR) is 62.5 cm³/mol. The van der Waals surface area contributed by atoms with Gasteiger partial charge in [-0.1, -0.05) is 0 Å². The number of halogens is 1. The molecule has 0 amide bonds. The summed E-state index contributed by atoms with van der Waals surface area (Å²) in [4.78, 5) is 15.1. The Morgan fingerprint density at radius 3 is 2.76 bits per heavy atom. The number of carbonyl (C=O) groups is 1. The molecule has 0 spiro atoms. The SMILES string of the molecule is Cc1cc(C(C)C(=O)O)nc2cc(F)ccc12. The first-order valence-electron chi connectivity index (χ1n) is 5.28. The van der Waals surface area contributed by atoms with Gasteiger partial charge in [-0.05, 0) is 37.6 Å². The third-order valence-corrected chi connectivity index (χ3v) is 2.81. The number of hydrogen-bond donors (Lipinski definition) is 1. The largest absolute Gasteiger partial charge is 0.481 e. The Labute approximate surface area is 97.9 Å². The average Bonchev–Trinajstić information content (AvgIpc) is 2.27. The average molecular weight is 233 g/mol. The fraction of sp³-hybridized carbons (Fsp3) is 0.231. The molecule has 17 heavy (non-hydrogen) atoms. The second-order valence-electron chi connectivity index (χ2n) is 4.09. The smallest absolute Gasteiger partial charge is 0.312 e. The molecule has 0 saturated heterocycles. The summed E-state index contributed by atoms with van der Waals surface area (Å²) < 4.78 is 13.1. The number of aryl methyl sites for hydroxylation is 1. The molecule has 0 radical (unpaired) electrons. The molecule has 2 rings (SSSR count). The van der Waals surface area contributed by atoms with Crippen molar-refractivity contribution in [3.05, 3.63) is 41.3 Å². The summed E-state index contributed by atoms with van der Waals surface area (Å²) in [6.07, 6.45) is 0. The highest BCUT2D eigenvalue weighted by atomic mass is 19.1. The summed E-state index contributed by atoms with van der Waals surface area (Å²) in [6.45, 7) is 3.43. The minimum absolute atomic E-state index is 0.371. The maximum atomic E-state index is 13.1. The number of aromatic nitrogens is 1. The highest BCUT2D eigenvalue weighted by Crippen LogP contribution is 2.22. The van der Waals surface area contributed by atoms with Crippen LogP contribution in [0.4, 0.5) is 4.39 Å². The fourth-order valence-electron chi connectivity index (χ4n) is 1.75. The Bertz CT molecular complexity index is 595. The van der Waals surface area contributed by atoms with Gasteiger partial charge in [0.1, 0.15) is 5.82 Å².